The van der Waals surface area contributed by atoms with E-state index in [4.69, 9.17) is 4.74 Å². The highest BCUT2D eigenvalue weighted by atomic mass is 16.6. The lowest BCUT2D eigenvalue weighted by molar-refractivity contribution is -0.111. The van der Waals surface area contributed by atoms with E-state index in [1.807, 2.05) is 6.92 Å². The van der Waals surface area contributed by atoms with Gasteiger partial charge in [-0.1, -0.05) is 111 Å². The Labute approximate surface area is 272 Å². The zero-order chi connectivity index (χ0) is 33.0. The zero-order valence-electron chi connectivity index (χ0n) is 30.6. The summed E-state index contributed by atoms with van der Waals surface area (Å²) in [5, 5.41) is 31.5. The minimum atomic E-state index is -0.841. The van der Waals surface area contributed by atoms with Crippen LogP contribution in [0.4, 0.5) is 0 Å². The summed E-state index contributed by atoms with van der Waals surface area (Å²) in [6.07, 6.45) is 23.0. The maximum absolute atomic E-state index is 11.0. The molecule has 44 heavy (non-hydrogen) atoms. The fraction of sp³-hybridized carbons (Fsp3) is 0.900. The second kappa shape index (κ2) is 15.0. The SMILES string of the molecule is C/C(=C\CCC(C)CCCCC(C)CCCC(C)C=CC1C(C)(C)C[C@H](O)C[C@@]1(C)O)CC[C@@]12O[C@]1(C)C[C@@H](O)CC2(C)C. The number of aliphatic hydroxyl groups excluding tert-OH is 2. The van der Waals surface area contributed by atoms with E-state index in [1.165, 1.54) is 63.4 Å². The summed E-state index contributed by atoms with van der Waals surface area (Å²) in [7, 11) is 0. The van der Waals surface area contributed by atoms with Crippen molar-refractivity contribution in [2.45, 2.75) is 195 Å². The van der Waals surface area contributed by atoms with Crippen molar-refractivity contribution in [2.75, 3.05) is 0 Å². The van der Waals surface area contributed by atoms with Crippen LogP contribution in [0.3, 0.4) is 0 Å². The summed E-state index contributed by atoms with van der Waals surface area (Å²) in [5.74, 6) is 2.18. The lowest BCUT2D eigenvalue weighted by Gasteiger charge is -2.48. The van der Waals surface area contributed by atoms with Crippen molar-refractivity contribution in [3.05, 3.63) is 23.8 Å². The second-order valence-corrected chi connectivity index (χ2v) is 17.9. The van der Waals surface area contributed by atoms with Gasteiger partial charge in [-0.25, -0.2) is 0 Å². The van der Waals surface area contributed by atoms with Gasteiger partial charge in [0.1, 0.15) is 5.60 Å². The number of epoxide rings is 1. The van der Waals surface area contributed by atoms with E-state index in [9.17, 15) is 15.3 Å². The van der Waals surface area contributed by atoms with Crippen LogP contribution >= 0.6 is 0 Å². The third-order valence-electron chi connectivity index (χ3n) is 12.3. The van der Waals surface area contributed by atoms with Gasteiger partial charge in [0.05, 0.1) is 23.4 Å². The molecule has 256 valence electrons. The second-order valence-electron chi connectivity index (χ2n) is 17.9. The molecule has 3 N–H and O–H groups in total. The van der Waals surface area contributed by atoms with Crippen LogP contribution in [0.25, 0.3) is 0 Å². The first-order chi connectivity index (χ1) is 20.3. The number of allylic oxidation sites excluding steroid dienone is 3. The fourth-order valence-corrected chi connectivity index (χ4v) is 9.62. The standard InChI is InChI=1S/C40H72O4/c1-29(17-13-19-31(3)21-22-35-36(5,6)25-33(41)27-38(35,9)43)15-11-12-16-30(2)18-14-20-32(4)23-24-40-37(7,8)26-34(42)28-39(40,10)44-40/h20-22,29-31,33-35,41-43H,11-19,23-28H2,1-10H3/b22-21?,32-20+/t29?,30?,31?,33-,34-,35?,38+,39+,40-/m0/s1. The van der Waals surface area contributed by atoms with Gasteiger partial charge in [0.15, 0.2) is 0 Å². The van der Waals surface area contributed by atoms with Crippen molar-refractivity contribution in [1.82, 2.24) is 0 Å². The van der Waals surface area contributed by atoms with Gasteiger partial charge in [-0.2, -0.15) is 0 Å². The van der Waals surface area contributed by atoms with Crippen LogP contribution in [0.1, 0.15) is 166 Å². The van der Waals surface area contributed by atoms with E-state index >= 15 is 0 Å². The number of rotatable bonds is 17. The summed E-state index contributed by atoms with van der Waals surface area (Å²) in [6, 6.07) is 0. The predicted molar refractivity (Wildman–Crippen MR) is 186 cm³/mol. The lowest BCUT2D eigenvalue weighted by Crippen LogP contribution is -2.50. The zero-order valence-corrected chi connectivity index (χ0v) is 30.6. The highest BCUT2D eigenvalue weighted by Gasteiger charge is 2.75. The molecule has 3 aliphatic rings. The Hall–Kier alpha value is -0.680. The highest BCUT2D eigenvalue weighted by Crippen LogP contribution is 2.67. The molecule has 3 rings (SSSR count). The minimum absolute atomic E-state index is 0.0317. The Kier molecular flexibility index (Phi) is 12.9. The van der Waals surface area contributed by atoms with E-state index < -0.39 is 11.7 Å². The Morgan fingerprint density at radius 1 is 0.795 bits per heavy atom. The van der Waals surface area contributed by atoms with Crippen molar-refractivity contribution >= 4 is 0 Å². The molecule has 0 spiro atoms. The molecular formula is C40H72O4. The molecule has 4 nitrogen and oxygen atoms in total. The molecule has 3 fully saturated rings. The van der Waals surface area contributed by atoms with Crippen LogP contribution in [-0.2, 0) is 4.74 Å². The molecule has 0 aromatic carbocycles. The van der Waals surface area contributed by atoms with Crippen LogP contribution in [0.15, 0.2) is 23.8 Å². The largest absolute Gasteiger partial charge is 0.393 e. The Morgan fingerprint density at radius 2 is 1.39 bits per heavy atom. The fourth-order valence-electron chi connectivity index (χ4n) is 9.62. The number of hydrogen-bond donors (Lipinski definition) is 3. The Morgan fingerprint density at radius 3 is 2.00 bits per heavy atom. The molecule has 1 saturated heterocycles. The maximum Gasteiger partial charge on any atom is 0.103 e. The quantitative estimate of drug-likeness (QED) is 0.0864. The number of unbranched alkanes of at least 4 members (excludes halogenated alkanes) is 1. The molecule has 1 heterocycles. The first-order valence-electron chi connectivity index (χ1n) is 18.5. The third-order valence-corrected chi connectivity index (χ3v) is 12.3. The van der Waals surface area contributed by atoms with E-state index in [2.05, 4.69) is 80.5 Å². The van der Waals surface area contributed by atoms with Gasteiger partial charge in [0.2, 0.25) is 0 Å². The van der Waals surface area contributed by atoms with Gasteiger partial charge in [-0.15, -0.1) is 0 Å². The molecule has 2 saturated carbocycles. The van der Waals surface area contributed by atoms with Crippen molar-refractivity contribution in [2.24, 2.45) is 34.5 Å². The van der Waals surface area contributed by atoms with Gasteiger partial charge in [-0.3, -0.25) is 0 Å². The number of ether oxygens (including phenoxy) is 1. The van der Waals surface area contributed by atoms with Gasteiger partial charge >= 0.3 is 0 Å². The van der Waals surface area contributed by atoms with Crippen molar-refractivity contribution in [3.8, 4) is 0 Å². The van der Waals surface area contributed by atoms with E-state index in [0.29, 0.717) is 12.3 Å². The van der Waals surface area contributed by atoms with Crippen LogP contribution in [0.5, 0.6) is 0 Å². The molecule has 0 aromatic rings. The van der Waals surface area contributed by atoms with Gasteiger partial charge in [-0.05, 0) is 94.3 Å². The summed E-state index contributed by atoms with van der Waals surface area (Å²) < 4.78 is 6.38. The van der Waals surface area contributed by atoms with E-state index in [0.717, 1.165) is 43.9 Å². The topological polar surface area (TPSA) is 73.2 Å². The van der Waals surface area contributed by atoms with E-state index in [-0.39, 0.29) is 34.1 Å². The summed E-state index contributed by atoms with van der Waals surface area (Å²) in [4.78, 5) is 0. The summed E-state index contributed by atoms with van der Waals surface area (Å²) in [5.41, 5.74) is 0.394. The molecule has 1 aliphatic heterocycles. The minimum Gasteiger partial charge on any atom is -0.393 e. The predicted octanol–water partition coefficient (Wildman–Crippen LogP) is 9.94. The van der Waals surface area contributed by atoms with Gasteiger partial charge < -0.3 is 20.1 Å². The third kappa shape index (κ3) is 9.68. The molecule has 0 bridgehead atoms. The number of aliphatic hydroxyl groups is 3. The average molecular weight is 617 g/mol. The molecule has 4 unspecified atom stereocenters. The molecule has 2 aliphatic carbocycles. The van der Waals surface area contributed by atoms with Gasteiger partial charge in [0.25, 0.3) is 0 Å². The Balaban J connectivity index is 1.24. The Bertz CT molecular complexity index is 944. The first kappa shape index (κ1) is 37.8. The van der Waals surface area contributed by atoms with Crippen LogP contribution < -0.4 is 0 Å². The van der Waals surface area contributed by atoms with Crippen molar-refractivity contribution in [1.29, 1.82) is 0 Å². The molecule has 4 heteroatoms. The van der Waals surface area contributed by atoms with Crippen LogP contribution in [-0.4, -0.2) is 44.3 Å². The molecule has 9 atom stereocenters. The monoisotopic (exact) mass is 617 g/mol. The average Bonchev–Trinajstić information content (AvgIpc) is 3.49. The normalized spacial score (nSPS) is 37.0. The molecule has 0 aromatic heterocycles. The summed E-state index contributed by atoms with van der Waals surface area (Å²) in [6.45, 7) is 22.5. The lowest BCUT2D eigenvalue weighted by atomic mass is 9.61. The summed E-state index contributed by atoms with van der Waals surface area (Å²) >= 11 is 0. The highest BCUT2D eigenvalue weighted by molar-refractivity contribution is 5.24. The molecule has 0 amide bonds. The van der Waals surface area contributed by atoms with Gasteiger partial charge in [0, 0.05) is 18.8 Å². The smallest absolute Gasteiger partial charge is 0.103 e. The van der Waals surface area contributed by atoms with Crippen molar-refractivity contribution < 1.29 is 20.1 Å². The van der Waals surface area contributed by atoms with Crippen LogP contribution in [0, 0.1) is 34.5 Å². The number of hydrogen-bond acceptors (Lipinski definition) is 4. The molecular weight excluding hydrogens is 544 g/mol. The number of fused-ring (bicyclic) bond motifs is 1. The van der Waals surface area contributed by atoms with Crippen molar-refractivity contribution in [3.63, 3.8) is 0 Å². The van der Waals surface area contributed by atoms with E-state index in [1.54, 1.807) is 0 Å². The molecule has 0 radical (unpaired) electrons. The first-order valence-corrected chi connectivity index (χ1v) is 18.5. The maximum atomic E-state index is 11.0. The van der Waals surface area contributed by atoms with Crippen LogP contribution in [0.2, 0.25) is 0 Å².